The number of rotatable bonds is 5. The Kier molecular flexibility index (Phi) is 5.12. The quantitative estimate of drug-likeness (QED) is 0.695. The topological polar surface area (TPSA) is 86.5 Å². The van der Waals surface area contributed by atoms with Gasteiger partial charge in [-0.3, -0.25) is 4.79 Å². The highest BCUT2D eigenvalue weighted by atomic mass is 35.5. The summed E-state index contributed by atoms with van der Waals surface area (Å²) in [5, 5.41) is 6.94. The third-order valence-electron chi connectivity index (χ3n) is 4.04. The van der Waals surface area contributed by atoms with Crippen molar-refractivity contribution < 1.29 is 23.2 Å². The third kappa shape index (κ3) is 4.07. The molecule has 1 aliphatic heterocycles. The number of hydrogen-bond acceptors (Lipinski definition) is 6. The van der Waals surface area contributed by atoms with Gasteiger partial charge in [-0.2, -0.15) is 4.98 Å². The zero-order chi connectivity index (χ0) is 19.5. The minimum Gasteiger partial charge on any atom is -0.486 e. The van der Waals surface area contributed by atoms with E-state index in [0.717, 1.165) is 0 Å². The second-order valence-electron chi connectivity index (χ2n) is 6.04. The van der Waals surface area contributed by atoms with Crippen LogP contribution in [-0.4, -0.2) is 29.3 Å². The highest BCUT2D eigenvalue weighted by molar-refractivity contribution is 6.34. The Hall–Kier alpha value is -3.13. The van der Waals surface area contributed by atoms with Gasteiger partial charge in [-0.05, 0) is 24.3 Å². The summed E-state index contributed by atoms with van der Waals surface area (Å²) < 4.78 is 29.1. The predicted molar refractivity (Wildman–Crippen MR) is 99.1 cm³/mol. The summed E-state index contributed by atoms with van der Waals surface area (Å²) in [5.74, 6) is 1.12. The summed E-state index contributed by atoms with van der Waals surface area (Å²) in [5.41, 5.74) is 1.07. The van der Waals surface area contributed by atoms with Gasteiger partial charge in [-0.25, -0.2) is 4.39 Å². The Bertz CT molecular complexity index is 1010. The van der Waals surface area contributed by atoms with E-state index < -0.39 is 0 Å². The fraction of sp³-hybridized carbons (Fsp3) is 0.211. The number of fused-ring (bicyclic) bond motifs is 1. The van der Waals surface area contributed by atoms with Crippen molar-refractivity contribution in [1.29, 1.82) is 0 Å². The molecule has 144 valence electrons. The summed E-state index contributed by atoms with van der Waals surface area (Å²) in [6.45, 7) is 0.898. The zero-order valence-corrected chi connectivity index (χ0v) is 15.3. The number of carbonyl (C=O) groups is 1. The Morgan fingerprint density at radius 2 is 1.86 bits per heavy atom. The first-order valence-electron chi connectivity index (χ1n) is 8.56. The molecule has 0 aliphatic carbocycles. The van der Waals surface area contributed by atoms with Gasteiger partial charge in [-0.15, -0.1) is 0 Å². The molecule has 0 spiro atoms. The molecule has 1 N–H and O–H groups in total. The smallest absolute Gasteiger partial charge is 0.227 e. The van der Waals surface area contributed by atoms with E-state index in [1.807, 2.05) is 0 Å². The monoisotopic (exact) mass is 403 g/mol. The fourth-order valence-electron chi connectivity index (χ4n) is 2.67. The van der Waals surface area contributed by atoms with Crippen LogP contribution in [0.1, 0.15) is 12.3 Å². The summed E-state index contributed by atoms with van der Waals surface area (Å²) in [7, 11) is 0. The molecule has 7 nitrogen and oxygen atoms in total. The molecule has 1 aromatic heterocycles. The van der Waals surface area contributed by atoms with Crippen LogP contribution in [0.4, 0.5) is 10.1 Å². The maximum absolute atomic E-state index is 13.0. The molecular formula is C19H15ClFN3O4. The molecular weight excluding hydrogens is 389 g/mol. The lowest BCUT2D eigenvalue weighted by Crippen LogP contribution is -2.17. The number of halogens is 2. The Labute approximate surface area is 164 Å². The number of hydrogen-bond donors (Lipinski definition) is 1. The van der Waals surface area contributed by atoms with E-state index in [9.17, 15) is 9.18 Å². The van der Waals surface area contributed by atoms with Gasteiger partial charge in [0.2, 0.25) is 17.6 Å². The first kappa shape index (κ1) is 18.2. The number of amides is 1. The number of carbonyl (C=O) groups excluding carboxylic acids is 1. The van der Waals surface area contributed by atoms with Crippen LogP contribution < -0.4 is 14.8 Å². The van der Waals surface area contributed by atoms with Crippen LogP contribution in [0.3, 0.4) is 0 Å². The summed E-state index contributed by atoms with van der Waals surface area (Å²) in [6, 6.07) is 8.99. The van der Waals surface area contributed by atoms with Crippen molar-refractivity contribution in [3.05, 3.63) is 53.1 Å². The second kappa shape index (κ2) is 7.85. The predicted octanol–water partition coefficient (Wildman–Crippen LogP) is 3.87. The first-order chi connectivity index (χ1) is 13.6. The van der Waals surface area contributed by atoms with Gasteiger partial charge in [0.15, 0.2) is 11.5 Å². The summed E-state index contributed by atoms with van der Waals surface area (Å²) in [4.78, 5) is 16.5. The molecule has 28 heavy (non-hydrogen) atoms. The highest BCUT2D eigenvalue weighted by Crippen LogP contribution is 2.38. The van der Waals surface area contributed by atoms with Gasteiger partial charge in [0, 0.05) is 30.5 Å². The van der Waals surface area contributed by atoms with Crippen molar-refractivity contribution in [1.82, 2.24) is 10.1 Å². The molecule has 3 aromatic rings. The Balaban J connectivity index is 1.37. The van der Waals surface area contributed by atoms with Gasteiger partial charge in [0.25, 0.3) is 0 Å². The lowest BCUT2D eigenvalue weighted by atomic mass is 10.2. The molecule has 1 amide bonds. The van der Waals surface area contributed by atoms with Gasteiger partial charge >= 0.3 is 0 Å². The molecule has 9 heteroatoms. The average molecular weight is 404 g/mol. The van der Waals surface area contributed by atoms with E-state index in [1.54, 1.807) is 24.3 Å². The number of nitrogens with zero attached hydrogens (tertiary/aromatic N) is 2. The number of aromatic nitrogens is 2. The Morgan fingerprint density at radius 1 is 1.14 bits per heavy atom. The van der Waals surface area contributed by atoms with Crippen LogP contribution in [0.5, 0.6) is 11.5 Å². The van der Waals surface area contributed by atoms with E-state index in [0.29, 0.717) is 52.7 Å². The van der Waals surface area contributed by atoms with Crippen molar-refractivity contribution in [2.24, 2.45) is 0 Å². The van der Waals surface area contributed by atoms with Crippen LogP contribution in [0.2, 0.25) is 5.02 Å². The molecule has 0 unspecified atom stereocenters. The highest BCUT2D eigenvalue weighted by Gasteiger charge is 2.17. The van der Waals surface area contributed by atoms with E-state index >= 15 is 0 Å². The minimum atomic E-state index is -0.345. The third-order valence-corrected chi connectivity index (χ3v) is 4.36. The number of benzene rings is 2. The maximum Gasteiger partial charge on any atom is 0.227 e. The summed E-state index contributed by atoms with van der Waals surface area (Å²) >= 11 is 6.19. The van der Waals surface area contributed by atoms with E-state index in [2.05, 4.69) is 15.5 Å². The molecule has 0 saturated carbocycles. The molecule has 0 fully saturated rings. The fourth-order valence-corrected chi connectivity index (χ4v) is 2.87. The largest absolute Gasteiger partial charge is 0.486 e. The lowest BCUT2D eigenvalue weighted by molar-refractivity contribution is -0.116. The van der Waals surface area contributed by atoms with Gasteiger partial charge in [0.05, 0.1) is 10.7 Å². The number of anilines is 1. The molecule has 0 atom stereocenters. The average Bonchev–Trinajstić information content (AvgIpc) is 3.16. The van der Waals surface area contributed by atoms with Crippen molar-refractivity contribution in [3.63, 3.8) is 0 Å². The van der Waals surface area contributed by atoms with E-state index in [1.165, 1.54) is 12.1 Å². The SMILES string of the molecule is O=C(CCc1nc(-c2ccc(F)cc2)no1)Nc1cc2c(cc1Cl)OCCO2. The molecule has 0 radical (unpaired) electrons. The lowest BCUT2D eigenvalue weighted by Gasteiger charge is -2.20. The summed E-state index contributed by atoms with van der Waals surface area (Å²) in [6.07, 6.45) is 0.373. The van der Waals surface area contributed by atoms with Gasteiger partial charge < -0.3 is 19.3 Å². The number of aryl methyl sites for hydroxylation is 1. The minimum absolute atomic E-state index is 0.121. The normalized spacial score (nSPS) is 12.6. The standard InChI is InChI=1S/C19H15ClFN3O4/c20-13-9-15-16(27-8-7-26-15)10-14(13)22-17(25)5-6-18-23-19(24-28-18)11-1-3-12(21)4-2-11/h1-4,9-10H,5-8H2,(H,22,25). The van der Waals surface area contributed by atoms with E-state index in [4.69, 9.17) is 25.6 Å². The molecule has 4 rings (SSSR count). The second-order valence-corrected chi connectivity index (χ2v) is 6.45. The number of nitrogens with one attached hydrogen (secondary N) is 1. The van der Waals surface area contributed by atoms with Crippen LogP contribution in [0.15, 0.2) is 40.9 Å². The molecule has 2 aromatic carbocycles. The Morgan fingerprint density at radius 3 is 2.61 bits per heavy atom. The van der Waals surface area contributed by atoms with Crippen molar-refractivity contribution in [3.8, 4) is 22.9 Å². The van der Waals surface area contributed by atoms with E-state index in [-0.39, 0.29) is 24.6 Å². The maximum atomic E-state index is 13.0. The molecule has 1 aliphatic rings. The van der Waals surface area contributed by atoms with Crippen LogP contribution in [0, 0.1) is 5.82 Å². The van der Waals surface area contributed by atoms with Crippen LogP contribution in [0.25, 0.3) is 11.4 Å². The van der Waals surface area contributed by atoms with Crippen molar-refractivity contribution >= 4 is 23.2 Å². The molecule has 0 saturated heterocycles. The molecule has 0 bridgehead atoms. The zero-order valence-electron chi connectivity index (χ0n) is 14.6. The number of ether oxygens (including phenoxy) is 2. The van der Waals surface area contributed by atoms with Gasteiger partial charge in [-0.1, -0.05) is 16.8 Å². The van der Waals surface area contributed by atoms with Gasteiger partial charge in [0.1, 0.15) is 19.0 Å². The van der Waals surface area contributed by atoms with Crippen molar-refractivity contribution in [2.75, 3.05) is 18.5 Å². The van der Waals surface area contributed by atoms with Crippen LogP contribution in [-0.2, 0) is 11.2 Å². The first-order valence-corrected chi connectivity index (χ1v) is 8.94. The van der Waals surface area contributed by atoms with Crippen LogP contribution >= 0.6 is 11.6 Å². The van der Waals surface area contributed by atoms with Crippen molar-refractivity contribution in [2.45, 2.75) is 12.8 Å². The molecule has 2 heterocycles.